The number of hydrogen-bond donors (Lipinski definition) is 1. The van der Waals surface area contributed by atoms with Crippen molar-refractivity contribution in [1.29, 1.82) is 0 Å². The minimum Gasteiger partial charge on any atom is -0.395 e. The molecule has 1 aliphatic heterocycles. The van der Waals surface area contributed by atoms with E-state index in [1.807, 2.05) is 6.20 Å². The number of rotatable bonds is 4. The van der Waals surface area contributed by atoms with E-state index in [9.17, 15) is 5.11 Å². The minimum atomic E-state index is 0.280. The fourth-order valence-corrected chi connectivity index (χ4v) is 3.10. The zero-order chi connectivity index (χ0) is 11.5. The third kappa shape index (κ3) is 2.62. The molecule has 1 saturated heterocycles. The van der Waals surface area contributed by atoms with Gasteiger partial charge in [0, 0.05) is 17.1 Å². The van der Waals surface area contributed by atoms with Crippen LogP contribution in [0.3, 0.4) is 0 Å². The summed E-state index contributed by atoms with van der Waals surface area (Å²) in [4.78, 5) is 8.17. The molecule has 1 N–H and O–H groups in total. The molecule has 0 saturated carbocycles. The average molecular weight is 240 g/mol. The van der Waals surface area contributed by atoms with Crippen LogP contribution in [0.15, 0.2) is 6.20 Å². The lowest BCUT2D eigenvalue weighted by molar-refractivity contribution is 0.153. The first-order chi connectivity index (χ1) is 7.70. The van der Waals surface area contributed by atoms with E-state index in [-0.39, 0.29) is 6.61 Å². The molecular formula is C12H20N2OS. The van der Waals surface area contributed by atoms with Crippen LogP contribution in [-0.2, 0) is 6.54 Å². The lowest BCUT2D eigenvalue weighted by Crippen LogP contribution is -2.31. The van der Waals surface area contributed by atoms with Crippen LogP contribution >= 0.6 is 11.3 Å². The van der Waals surface area contributed by atoms with Crippen molar-refractivity contribution in [3.05, 3.63) is 16.1 Å². The Labute approximate surface area is 101 Å². The van der Waals surface area contributed by atoms with E-state index >= 15 is 0 Å². The Hall–Kier alpha value is -0.450. The maximum absolute atomic E-state index is 9.25. The van der Waals surface area contributed by atoms with Gasteiger partial charge in [0.1, 0.15) is 5.01 Å². The fourth-order valence-electron chi connectivity index (χ4n) is 2.15. The summed E-state index contributed by atoms with van der Waals surface area (Å²) in [5.41, 5.74) is 0. The Bertz CT molecular complexity index is 338. The van der Waals surface area contributed by atoms with Gasteiger partial charge in [0.15, 0.2) is 0 Å². The Balaban J connectivity index is 1.97. The molecule has 1 aromatic rings. The van der Waals surface area contributed by atoms with Gasteiger partial charge in [-0.05, 0) is 25.3 Å². The first kappa shape index (κ1) is 12.0. The summed E-state index contributed by atoms with van der Waals surface area (Å²) < 4.78 is 0. The second kappa shape index (κ2) is 5.25. The molecule has 2 rings (SSSR count). The summed E-state index contributed by atoms with van der Waals surface area (Å²) in [6, 6.07) is 0.353. The summed E-state index contributed by atoms with van der Waals surface area (Å²) in [5.74, 6) is 0.568. The van der Waals surface area contributed by atoms with Crippen LogP contribution in [-0.4, -0.2) is 34.2 Å². The molecule has 0 amide bonds. The Morgan fingerprint density at radius 2 is 2.44 bits per heavy atom. The van der Waals surface area contributed by atoms with Gasteiger partial charge in [-0.1, -0.05) is 13.8 Å². The topological polar surface area (TPSA) is 36.4 Å². The summed E-state index contributed by atoms with van der Waals surface area (Å²) >= 11 is 1.81. The number of aromatic nitrogens is 1. The number of aliphatic hydroxyl groups excluding tert-OH is 1. The second-order valence-corrected chi connectivity index (χ2v) is 5.91. The van der Waals surface area contributed by atoms with Gasteiger partial charge >= 0.3 is 0 Å². The van der Waals surface area contributed by atoms with Crippen molar-refractivity contribution >= 4 is 11.3 Å². The smallest absolute Gasteiger partial charge is 0.107 e. The molecule has 0 aromatic carbocycles. The van der Waals surface area contributed by atoms with E-state index in [2.05, 4.69) is 23.7 Å². The molecule has 0 bridgehead atoms. The van der Waals surface area contributed by atoms with Crippen LogP contribution in [0.25, 0.3) is 0 Å². The molecule has 1 fully saturated rings. The quantitative estimate of drug-likeness (QED) is 0.876. The number of nitrogens with zero attached hydrogens (tertiary/aromatic N) is 2. The van der Waals surface area contributed by atoms with Gasteiger partial charge < -0.3 is 5.11 Å². The molecular weight excluding hydrogens is 220 g/mol. The molecule has 1 atom stereocenters. The monoisotopic (exact) mass is 240 g/mol. The van der Waals surface area contributed by atoms with Gasteiger partial charge in [-0.2, -0.15) is 0 Å². The second-order valence-electron chi connectivity index (χ2n) is 4.76. The molecule has 1 aliphatic rings. The van der Waals surface area contributed by atoms with Crippen molar-refractivity contribution < 1.29 is 5.11 Å². The number of likely N-dealkylation sites (tertiary alicyclic amines) is 1. The third-order valence-electron chi connectivity index (χ3n) is 3.19. The lowest BCUT2D eigenvalue weighted by Gasteiger charge is -2.20. The molecule has 1 aromatic heterocycles. The number of thiazole rings is 1. The van der Waals surface area contributed by atoms with Crippen LogP contribution < -0.4 is 0 Å². The van der Waals surface area contributed by atoms with Gasteiger partial charge in [0.05, 0.1) is 13.2 Å². The zero-order valence-electron chi connectivity index (χ0n) is 10.0. The first-order valence-electron chi connectivity index (χ1n) is 6.00. The van der Waals surface area contributed by atoms with Crippen LogP contribution in [0, 0.1) is 0 Å². The molecule has 4 heteroatoms. The van der Waals surface area contributed by atoms with Gasteiger partial charge in [-0.15, -0.1) is 11.3 Å². The SMILES string of the molecule is CC(C)c1cnc(CN2CCC[C@@H]2CO)s1. The largest absolute Gasteiger partial charge is 0.395 e. The van der Waals surface area contributed by atoms with E-state index in [0.717, 1.165) is 19.5 Å². The highest BCUT2D eigenvalue weighted by atomic mass is 32.1. The molecule has 0 aliphatic carbocycles. The Kier molecular flexibility index (Phi) is 3.95. The predicted octanol–water partition coefficient (Wildman–Crippen LogP) is 2.22. The van der Waals surface area contributed by atoms with Crippen molar-refractivity contribution in [3.63, 3.8) is 0 Å². The van der Waals surface area contributed by atoms with Gasteiger partial charge in [-0.25, -0.2) is 4.98 Å². The van der Waals surface area contributed by atoms with Crippen LogP contribution in [0.2, 0.25) is 0 Å². The van der Waals surface area contributed by atoms with Crippen LogP contribution in [0.5, 0.6) is 0 Å². The van der Waals surface area contributed by atoms with E-state index in [1.165, 1.54) is 16.3 Å². The van der Waals surface area contributed by atoms with Crippen LogP contribution in [0.1, 0.15) is 42.5 Å². The highest BCUT2D eigenvalue weighted by Crippen LogP contribution is 2.25. The minimum absolute atomic E-state index is 0.280. The number of aliphatic hydroxyl groups is 1. The third-order valence-corrected chi connectivity index (χ3v) is 4.47. The van der Waals surface area contributed by atoms with Gasteiger partial charge in [0.2, 0.25) is 0 Å². The van der Waals surface area contributed by atoms with Gasteiger partial charge in [0.25, 0.3) is 0 Å². The summed E-state index contributed by atoms with van der Waals surface area (Å²) in [6.45, 7) is 6.68. The van der Waals surface area contributed by atoms with Crippen LogP contribution in [0.4, 0.5) is 0 Å². The fraction of sp³-hybridized carbons (Fsp3) is 0.750. The molecule has 0 unspecified atom stereocenters. The molecule has 2 heterocycles. The molecule has 0 radical (unpaired) electrons. The highest BCUT2D eigenvalue weighted by molar-refractivity contribution is 7.11. The van der Waals surface area contributed by atoms with E-state index in [4.69, 9.17) is 0 Å². The van der Waals surface area contributed by atoms with Crippen molar-refractivity contribution in [2.75, 3.05) is 13.2 Å². The van der Waals surface area contributed by atoms with Crippen molar-refractivity contribution in [2.45, 2.75) is 45.2 Å². The molecule has 0 spiro atoms. The molecule has 3 nitrogen and oxygen atoms in total. The number of hydrogen-bond acceptors (Lipinski definition) is 4. The highest BCUT2D eigenvalue weighted by Gasteiger charge is 2.24. The van der Waals surface area contributed by atoms with Crippen molar-refractivity contribution in [2.24, 2.45) is 0 Å². The normalized spacial score (nSPS) is 22.1. The summed E-state index contributed by atoms with van der Waals surface area (Å²) in [6.07, 6.45) is 4.32. The zero-order valence-corrected chi connectivity index (χ0v) is 10.8. The van der Waals surface area contributed by atoms with E-state index in [1.54, 1.807) is 11.3 Å². The van der Waals surface area contributed by atoms with Gasteiger partial charge in [-0.3, -0.25) is 4.90 Å². The Morgan fingerprint density at radius 3 is 3.06 bits per heavy atom. The van der Waals surface area contributed by atoms with E-state index < -0.39 is 0 Å². The molecule has 16 heavy (non-hydrogen) atoms. The lowest BCUT2D eigenvalue weighted by atomic mass is 10.2. The first-order valence-corrected chi connectivity index (χ1v) is 6.82. The average Bonchev–Trinajstić information content (AvgIpc) is 2.87. The maximum atomic E-state index is 9.25. The van der Waals surface area contributed by atoms with E-state index in [0.29, 0.717) is 12.0 Å². The van der Waals surface area contributed by atoms with Crippen molar-refractivity contribution in [3.8, 4) is 0 Å². The maximum Gasteiger partial charge on any atom is 0.107 e. The summed E-state index contributed by atoms with van der Waals surface area (Å²) in [7, 11) is 0. The predicted molar refractivity (Wildman–Crippen MR) is 66.7 cm³/mol. The summed E-state index contributed by atoms with van der Waals surface area (Å²) in [5, 5.41) is 10.4. The standard InChI is InChI=1S/C12H20N2OS/c1-9(2)11-6-13-12(16-11)7-14-5-3-4-10(14)8-15/h6,9-10,15H,3-5,7-8H2,1-2H3/t10-/m1/s1. The van der Waals surface area contributed by atoms with Crippen molar-refractivity contribution in [1.82, 2.24) is 9.88 Å². The molecule has 90 valence electrons. The Morgan fingerprint density at radius 1 is 1.62 bits per heavy atom.